The molecule has 0 saturated carbocycles. The van der Waals surface area contributed by atoms with Gasteiger partial charge in [-0.2, -0.15) is 0 Å². The molecule has 0 atom stereocenters. The molecule has 1 heterocycles. The highest BCUT2D eigenvalue weighted by atomic mass is 79.9. The van der Waals surface area contributed by atoms with E-state index in [-0.39, 0.29) is 5.56 Å². The van der Waals surface area contributed by atoms with Crippen LogP contribution in [-0.2, 0) is 13.1 Å². The molecule has 0 aliphatic rings. The highest BCUT2D eigenvalue weighted by Crippen LogP contribution is 2.22. The zero-order chi connectivity index (χ0) is 14.7. The van der Waals surface area contributed by atoms with Crippen molar-refractivity contribution in [3.05, 3.63) is 55.9 Å². The van der Waals surface area contributed by atoms with Crippen LogP contribution in [0.15, 0.2) is 33.4 Å². The minimum atomic E-state index is -1.12. The van der Waals surface area contributed by atoms with E-state index in [9.17, 15) is 9.18 Å². The first-order valence-electron chi connectivity index (χ1n) is 5.89. The summed E-state index contributed by atoms with van der Waals surface area (Å²) in [4.78, 5) is 12.7. The topological polar surface area (TPSA) is 40.5 Å². The molecule has 0 bridgehead atoms. The Bertz CT molecular complexity index is 629. The maximum Gasteiger partial charge on any atom is 0.335 e. The number of aromatic carboxylic acids is 1. The van der Waals surface area contributed by atoms with Crippen LogP contribution >= 0.6 is 27.3 Å². The van der Waals surface area contributed by atoms with Crippen molar-refractivity contribution in [3.63, 3.8) is 0 Å². The van der Waals surface area contributed by atoms with E-state index in [1.54, 1.807) is 11.3 Å². The Labute approximate surface area is 128 Å². The predicted molar refractivity (Wildman–Crippen MR) is 80.5 cm³/mol. The van der Waals surface area contributed by atoms with Gasteiger partial charge in [0.25, 0.3) is 0 Å². The second kappa shape index (κ2) is 6.47. The smallest absolute Gasteiger partial charge is 0.335 e. The van der Waals surface area contributed by atoms with Crippen molar-refractivity contribution >= 4 is 33.2 Å². The molecule has 0 aliphatic carbocycles. The van der Waals surface area contributed by atoms with Gasteiger partial charge >= 0.3 is 5.97 Å². The Balaban J connectivity index is 2.04. The Morgan fingerprint density at radius 1 is 1.40 bits per heavy atom. The molecule has 0 amide bonds. The summed E-state index contributed by atoms with van der Waals surface area (Å²) in [7, 11) is 1.90. The Kier molecular flexibility index (Phi) is 4.91. The SMILES string of the molecule is CN(Cc1csc(Br)c1)Cc1ccc(C(=O)O)cc1F. The Morgan fingerprint density at radius 3 is 2.70 bits per heavy atom. The zero-order valence-corrected chi connectivity index (χ0v) is 13.2. The molecule has 1 N–H and O–H groups in total. The van der Waals surface area contributed by atoms with Gasteiger partial charge in [-0.05, 0) is 52.1 Å². The molecular weight excluding hydrogens is 345 g/mol. The van der Waals surface area contributed by atoms with Crippen LogP contribution in [0.4, 0.5) is 4.39 Å². The van der Waals surface area contributed by atoms with Gasteiger partial charge in [0.2, 0.25) is 0 Å². The summed E-state index contributed by atoms with van der Waals surface area (Å²) < 4.78 is 14.9. The Hall–Kier alpha value is -1.24. The van der Waals surface area contributed by atoms with Crippen molar-refractivity contribution in [1.82, 2.24) is 4.90 Å². The number of hydrogen-bond donors (Lipinski definition) is 1. The van der Waals surface area contributed by atoms with Gasteiger partial charge in [0.1, 0.15) is 5.82 Å². The fraction of sp³-hybridized carbons (Fsp3) is 0.214. The van der Waals surface area contributed by atoms with Crippen LogP contribution < -0.4 is 0 Å². The number of thiophene rings is 1. The molecule has 20 heavy (non-hydrogen) atoms. The fourth-order valence-electron chi connectivity index (χ4n) is 1.90. The van der Waals surface area contributed by atoms with E-state index in [0.29, 0.717) is 18.7 Å². The van der Waals surface area contributed by atoms with Crippen molar-refractivity contribution in [2.24, 2.45) is 0 Å². The summed E-state index contributed by atoms with van der Waals surface area (Å²) in [5, 5.41) is 10.8. The molecule has 2 aromatic rings. The van der Waals surface area contributed by atoms with E-state index in [4.69, 9.17) is 5.11 Å². The van der Waals surface area contributed by atoms with Crippen LogP contribution in [0.25, 0.3) is 0 Å². The molecule has 106 valence electrons. The molecule has 3 nitrogen and oxygen atoms in total. The largest absolute Gasteiger partial charge is 0.478 e. The molecule has 6 heteroatoms. The average Bonchev–Trinajstić information content (AvgIpc) is 2.77. The number of carboxylic acid groups (broad SMARTS) is 1. The molecule has 0 aliphatic heterocycles. The summed E-state index contributed by atoms with van der Waals surface area (Å²) in [5.74, 6) is -1.60. The summed E-state index contributed by atoms with van der Waals surface area (Å²) in [6.45, 7) is 1.14. The van der Waals surface area contributed by atoms with Gasteiger partial charge in [-0.1, -0.05) is 6.07 Å². The van der Waals surface area contributed by atoms with Crippen LogP contribution in [-0.4, -0.2) is 23.0 Å². The molecule has 0 saturated heterocycles. The van der Waals surface area contributed by atoms with E-state index in [0.717, 1.165) is 15.4 Å². The van der Waals surface area contributed by atoms with Gasteiger partial charge in [0, 0.05) is 18.7 Å². The Morgan fingerprint density at radius 2 is 2.15 bits per heavy atom. The molecule has 2 rings (SSSR count). The van der Waals surface area contributed by atoms with E-state index in [1.165, 1.54) is 12.1 Å². The summed E-state index contributed by atoms with van der Waals surface area (Å²) in [6, 6.07) is 6.05. The number of carbonyl (C=O) groups is 1. The van der Waals surface area contributed by atoms with Gasteiger partial charge in [-0.15, -0.1) is 11.3 Å². The maximum absolute atomic E-state index is 13.8. The van der Waals surface area contributed by atoms with E-state index < -0.39 is 11.8 Å². The number of benzene rings is 1. The maximum atomic E-state index is 13.8. The third-order valence-corrected chi connectivity index (χ3v) is 4.37. The van der Waals surface area contributed by atoms with Crippen molar-refractivity contribution in [1.29, 1.82) is 0 Å². The number of halogens is 2. The predicted octanol–water partition coefficient (Wildman–Crippen LogP) is 3.98. The second-order valence-electron chi connectivity index (χ2n) is 4.54. The van der Waals surface area contributed by atoms with Crippen molar-refractivity contribution in [3.8, 4) is 0 Å². The van der Waals surface area contributed by atoms with Gasteiger partial charge in [0.15, 0.2) is 0 Å². The van der Waals surface area contributed by atoms with Crippen LogP contribution in [0.5, 0.6) is 0 Å². The monoisotopic (exact) mass is 357 g/mol. The molecular formula is C14H13BrFNO2S. The first kappa shape index (κ1) is 15.2. The number of nitrogens with zero attached hydrogens (tertiary/aromatic N) is 1. The van der Waals surface area contributed by atoms with Crippen molar-refractivity contribution < 1.29 is 14.3 Å². The van der Waals surface area contributed by atoms with Crippen molar-refractivity contribution in [2.45, 2.75) is 13.1 Å². The van der Waals surface area contributed by atoms with Crippen molar-refractivity contribution in [2.75, 3.05) is 7.05 Å². The molecule has 0 fully saturated rings. The highest BCUT2D eigenvalue weighted by molar-refractivity contribution is 9.11. The lowest BCUT2D eigenvalue weighted by atomic mass is 10.1. The summed E-state index contributed by atoms with van der Waals surface area (Å²) >= 11 is 5.02. The van der Waals surface area contributed by atoms with E-state index in [2.05, 4.69) is 15.9 Å². The number of rotatable bonds is 5. The van der Waals surface area contributed by atoms with Crippen LogP contribution in [0.1, 0.15) is 21.5 Å². The quantitative estimate of drug-likeness (QED) is 0.879. The lowest BCUT2D eigenvalue weighted by molar-refractivity contribution is 0.0696. The standard InChI is InChI=1S/C14H13BrFNO2S/c1-17(6-9-4-13(15)20-8-9)7-11-3-2-10(14(18)19)5-12(11)16/h2-5,8H,6-7H2,1H3,(H,18,19). The minimum absolute atomic E-state index is 0.0318. The fourth-order valence-corrected chi connectivity index (χ4v) is 3.10. The average molecular weight is 358 g/mol. The molecule has 1 aromatic heterocycles. The summed E-state index contributed by atoms with van der Waals surface area (Å²) in [5.41, 5.74) is 1.62. The lowest BCUT2D eigenvalue weighted by Gasteiger charge is -2.16. The van der Waals surface area contributed by atoms with Crippen LogP contribution in [0.2, 0.25) is 0 Å². The first-order chi connectivity index (χ1) is 9.45. The first-order valence-corrected chi connectivity index (χ1v) is 7.56. The zero-order valence-electron chi connectivity index (χ0n) is 10.8. The van der Waals surface area contributed by atoms with E-state index >= 15 is 0 Å². The molecule has 0 spiro atoms. The highest BCUT2D eigenvalue weighted by Gasteiger charge is 2.10. The third-order valence-electron chi connectivity index (χ3n) is 2.81. The van der Waals surface area contributed by atoms with E-state index in [1.807, 2.05) is 23.4 Å². The second-order valence-corrected chi connectivity index (χ2v) is 6.83. The van der Waals surface area contributed by atoms with Gasteiger partial charge in [-0.3, -0.25) is 4.90 Å². The van der Waals surface area contributed by atoms with Gasteiger partial charge < -0.3 is 5.11 Å². The molecule has 0 radical (unpaired) electrons. The number of carboxylic acids is 1. The lowest BCUT2D eigenvalue weighted by Crippen LogP contribution is -2.17. The molecule has 1 aromatic carbocycles. The number of hydrogen-bond acceptors (Lipinski definition) is 3. The third kappa shape index (κ3) is 3.88. The minimum Gasteiger partial charge on any atom is -0.478 e. The molecule has 0 unspecified atom stereocenters. The summed E-state index contributed by atoms with van der Waals surface area (Å²) in [6.07, 6.45) is 0. The van der Waals surface area contributed by atoms with Gasteiger partial charge in [-0.25, -0.2) is 9.18 Å². The van der Waals surface area contributed by atoms with Crippen LogP contribution in [0, 0.1) is 5.82 Å². The van der Waals surface area contributed by atoms with Crippen LogP contribution in [0.3, 0.4) is 0 Å². The van der Waals surface area contributed by atoms with Gasteiger partial charge in [0.05, 0.1) is 9.35 Å². The normalized spacial score (nSPS) is 11.0.